The van der Waals surface area contributed by atoms with Crippen molar-refractivity contribution in [3.05, 3.63) is 40.8 Å². The highest BCUT2D eigenvalue weighted by Crippen LogP contribution is 2.31. The van der Waals surface area contributed by atoms with Crippen LogP contribution in [0.15, 0.2) is 35.2 Å². The van der Waals surface area contributed by atoms with Crippen LogP contribution in [0, 0.1) is 0 Å². The first-order chi connectivity index (χ1) is 8.58. The minimum Gasteiger partial charge on any atom is -0.350 e. The Hall–Kier alpha value is -1.86. The van der Waals surface area contributed by atoms with Crippen molar-refractivity contribution in [3.63, 3.8) is 0 Å². The molecule has 0 aromatic heterocycles. The molecule has 3 N–H and O–H groups in total. The van der Waals surface area contributed by atoms with Crippen LogP contribution < -0.4 is 11.2 Å². The highest BCUT2D eigenvalue weighted by molar-refractivity contribution is 8.26. The fourth-order valence-electron chi connectivity index (χ4n) is 1.37. The fourth-order valence-corrected chi connectivity index (χ4v) is 2.55. The van der Waals surface area contributed by atoms with Gasteiger partial charge in [-0.05, 0) is 23.9 Å². The SMILES string of the molecule is NC(=O)NN1C(=O)C(=Cc2ccccc2)SC1=S. The van der Waals surface area contributed by atoms with Crippen molar-refractivity contribution in [2.45, 2.75) is 0 Å². The second-order valence-electron chi connectivity index (χ2n) is 3.40. The smallest absolute Gasteiger partial charge is 0.331 e. The molecule has 0 spiro atoms. The number of primary amides is 1. The maximum absolute atomic E-state index is 11.9. The second kappa shape index (κ2) is 5.19. The van der Waals surface area contributed by atoms with Crippen molar-refractivity contribution in [1.82, 2.24) is 10.4 Å². The first-order valence-electron chi connectivity index (χ1n) is 4.97. The lowest BCUT2D eigenvalue weighted by molar-refractivity contribution is -0.123. The van der Waals surface area contributed by atoms with E-state index in [9.17, 15) is 9.59 Å². The van der Waals surface area contributed by atoms with Gasteiger partial charge in [0.2, 0.25) is 0 Å². The predicted octanol–water partition coefficient (Wildman–Crippen LogP) is 1.47. The van der Waals surface area contributed by atoms with E-state index in [0.717, 1.165) is 22.3 Å². The number of amides is 3. The highest BCUT2D eigenvalue weighted by atomic mass is 32.2. The molecule has 5 nitrogen and oxygen atoms in total. The van der Waals surface area contributed by atoms with Crippen LogP contribution in [0.2, 0.25) is 0 Å². The quantitative estimate of drug-likeness (QED) is 0.635. The lowest BCUT2D eigenvalue weighted by atomic mass is 10.2. The average Bonchev–Trinajstić information content (AvgIpc) is 2.58. The number of nitrogens with two attached hydrogens (primary N) is 1. The van der Waals surface area contributed by atoms with E-state index in [1.54, 1.807) is 6.08 Å². The van der Waals surface area contributed by atoms with E-state index in [2.05, 4.69) is 5.43 Å². The zero-order valence-corrected chi connectivity index (χ0v) is 10.8. The number of nitrogens with one attached hydrogen (secondary N) is 1. The Morgan fingerprint density at radius 2 is 2.06 bits per heavy atom. The summed E-state index contributed by atoms with van der Waals surface area (Å²) in [6.07, 6.45) is 1.71. The van der Waals surface area contributed by atoms with Crippen LogP contribution >= 0.6 is 24.0 Å². The standard InChI is InChI=1S/C11H9N3O2S2/c12-10(16)13-14-9(15)8(18-11(14)17)6-7-4-2-1-3-5-7/h1-6H,(H3,12,13,16). The Kier molecular flexibility index (Phi) is 3.63. The van der Waals surface area contributed by atoms with Crippen molar-refractivity contribution in [2.24, 2.45) is 5.73 Å². The zero-order chi connectivity index (χ0) is 13.1. The molecule has 7 heteroatoms. The Bertz CT molecular complexity index is 542. The minimum absolute atomic E-state index is 0.251. The largest absolute Gasteiger partial charge is 0.350 e. The number of urea groups is 1. The number of hydrogen-bond donors (Lipinski definition) is 2. The molecule has 1 saturated heterocycles. The third-order valence-corrected chi connectivity index (χ3v) is 3.42. The molecule has 0 bridgehead atoms. The maximum atomic E-state index is 11.9. The summed E-state index contributed by atoms with van der Waals surface area (Å²) >= 11 is 6.10. The van der Waals surface area contributed by atoms with E-state index in [4.69, 9.17) is 18.0 Å². The van der Waals surface area contributed by atoms with Crippen molar-refractivity contribution in [3.8, 4) is 0 Å². The van der Waals surface area contributed by atoms with Crippen LogP contribution in [-0.4, -0.2) is 21.3 Å². The number of hydrazine groups is 1. The summed E-state index contributed by atoms with van der Waals surface area (Å²) in [5.74, 6) is -0.382. The molecule has 3 amide bonds. The predicted molar refractivity (Wildman–Crippen MR) is 74.2 cm³/mol. The van der Waals surface area contributed by atoms with E-state index in [1.165, 1.54) is 0 Å². The van der Waals surface area contributed by atoms with Gasteiger partial charge in [0.05, 0.1) is 4.91 Å². The van der Waals surface area contributed by atoms with Crippen molar-refractivity contribution in [1.29, 1.82) is 0 Å². The number of carbonyl (C=O) groups excluding carboxylic acids is 2. The molecule has 0 radical (unpaired) electrons. The van der Waals surface area contributed by atoms with Gasteiger partial charge < -0.3 is 5.73 Å². The third-order valence-electron chi connectivity index (χ3n) is 2.11. The molecule has 1 aliphatic heterocycles. The molecule has 92 valence electrons. The third kappa shape index (κ3) is 2.69. The number of hydrogen-bond acceptors (Lipinski definition) is 4. The van der Waals surface area contributed by atoms with Gasteiger partial charge in [0.15, 0.2) is 4.32 Å². The Morgan fingerprint density at radius 3 is 2.67 bits per heavy atom. The van der Waals surface area contributed by atoms with Crippen LogP contribution in [0.4, 0.5) is 4.79 Å². The molecule has 0 aliphatic carbocycles. The lowest BCUT2D eigenvalue weighted by Crippen LogP contribution is -2.47. The summed E-state index contributed by atoms with van der Waals surface area (Å²) in [5.41, 5.74) is 8.03. The molecule has 1 aromatic carbocycles. The van der Waals surface area contributed by atoms with Crippen LogP contribution in [-0.2, 0) is 4.79 Å². The monoisotopic (exact) mass is 279 g/mol. The van der Waals surface area contributed by atoms with Gasteiger partial charge in [-0.15, -0.1) is 0 Å². The first kappa shape index (κ1) is 12.6. The topological polar surface area (TPSA) is 75.4 Å². The maximum Gasteiger partial charge on any atom is 0.331 e. The van der Waals surface area contributed by atoms with E-state index in [1.807, 2.05) is 30.3 Å². The Labute approximate surface area is 113 Å². The molecule has 18 heavy (non-hydrogen) atoms. The second-order valence-corrected chi connectivity index (χ2v) is 5.08. The van der Waals surface area contributed by atoms with Crippen molar-refractivity contribution >= 4 is 46.3 Å². The van der Waals surface area contributed by atoms with Gasteiger partial charge in [-0.3, -0.25) is 4.79 Å². The number of rotatable bonds is 2. The summed E-state index contributed by atoms with van der Waals surface area (Å²) in [6, 6.07) is 8.54. The van der Waals surface area contributed by atoms with E-state index in [0.29, 0.717) is 4.91 Å². The van der Waals surface area contributed by atoms with Crippen LogP contribution in [0.3, 0.4) is 0 Å². The zero-order valence-electron chi connectivity index (χ0n) is 9.12. The number of nitrogens with zero attached hydrogens (tertiary/aromatic N) is 1. The number of thiocarbonyl (C=S) groups is 1. The average molecular weight is 279 g/mol. The number of benzene rings is 1. The van der Waals surface area contributed by atoms with Crippen molar-refractivity contribution < 1.29 is 9.59 Å². The molecule has 1 heterocycles. The molecule has 1 aliphatic rings. The van der Waals surface area contributed by atoms with Gasteiger partial charge in [0, 0.05) is 0 Å². The normalized spacial score (nSPS) is 17.3. The fraction of sp³-hybridized carbons (Fsp3) is 0. The van der Waals surface area contributed by atoms with Crippen molar-refractivity contribution in [2.75, 3.05) is 0 Å². The van der Waals surface area contributed by atoms with Crippen LogP contribution in [0.5, 0.6) is 0 Å². The summed E-state index contributed by atoms with van der Waals surface area (Å²) in [7, 11) is 0. The van der Waals surface area contributed by atoms with Gasteiger partial charge in [0.1, 0.15) is 0 Å². The Morgan fingerprint density at radius 1 is 1.39 bits per heavy atom. The van der Waals surface area contributed by atoms with Gasteiger partial charge >= 0.3 is 6.03 Å². The molecule has 1 fully saturated rings. The summed E-state index contributed by atoms with van der Waals surface area (Å²) < 4.78 is 0.251. The highest BCUT2D eigenvalue weighted by Gasteiger charge is 2.33. The van der Waals surface area contributed by atoms with E-state index in [-0.39, 0.29) is 10.2 Å². The molecule has 1 aromatic rings. The van der Waals surface area contributed by atoms with Gasteiger partial charge in [-0.2, -0.15) is 5.01 Å². The molecular formula is C11H9N3O2S2. The molecule has 0 unspecified atom stereocenters. The van der Waals surface area contributed by atoms with Gasteiger partial charge in [-0.25, -0.2) is 10.2 Å². The summed E-state index contributed by atoms with van der Waals surface area (Å²) in [4.78, 5) is 23.1. The molecule has 0 saturated carbocycles. The van der Waals surface area contributed by atoms with Crippen LogP contribution in [0.25, 0.3) is 6.08 Å². The van der Waals surface area contributed by atoms with Gasteiger partial charge in [0.25, 0.3) is 5.91 Å². The first-order valence-corrected chi connectivity index (χ1v) is 6.19. The van der Waals surface area contributed by atoms with E-state index < -0.39 is 6.03 Å². The Balaban J connectivity index is 2.23. The molecular weight excluding hydrogens is 270 g/mol. The summed E-state index contributed by atoms with van der Waals surface area (Å²) in [5, 5.41) is 0.969. The number of carbonyl (C=O) groups is 2. The molecule has 2 rings (SSSR count). The van der Waals surface area contributed by atoms with E-state index >= 15 is 0 Å². The van der Waals surface area contributed by atoms with Gasteiger partial charge in [-0.1, -0.05) is 42.1 Å². The van der Waals surface area contributed by atoms with Crippen LogP contribution in [0.1, 0.15) is 5.56 Å². The molecule has 0 atom stereocenters. The lowest BCUT2D eigenvalue weighted by Gasteiger charge is -2.12. The summed E-state index contributed by atoms with van der Waals surface area (Å²) in [6.45, 7) is 0. The minimum atomic E-state index is -0.827. The number of thioether (sulfide) groups is 1.